The van der Waals surface area contributed by atoms with Crippen molar-refractivity contribution in [3.8, 4) is 0 Å². The molecule has 0 aromatic heterocycles. The summed E-state index contributed by atoms with van der Waals surface area (Å²) in [4.78, 5) is 14.1. The molecule has 0 bridgehead atoms. The number of aryl methyl sites for hydroxylation is 2. The summed E-state index contributed by atoms with van der Waals surface area (Å²) in [5.41, 5.74) is 9.96. The summed E-state index contributed by atoms with van der Waals surface area (Å²) in [7, 11) is 0. The van der Waals surface area contributed by atoms with E-state index in [9.17, 15) is 4.79 Å². The monoisotopic (exact) mass is 374 g/mol. The van der Waals surface area contributed by atoms with Crippen LogP contribution < -0.4 is 0 Å². The molecule has 4 aromatic rings. The zero-order valence-electron chi connectivity index (χ0n) is 16.7. The number of rotatable bonds is 1. The maximum Gasteiger partial charge on any atom is 0.156 e. The summed E-state index contributed by atoms with van der Waals surface area (Å²) in [5.74, 6) is -0.0683. The maximum absolute atomic E-state index is 14.1. The molecule has 140 valence electrons. The Morgan fingerprint density at radius 3 is 2.28 bits per heavy atom. The number of Topliss-reactive ketones (excluding diaryl/α,β-unsaturated/α-hetero) is 1. The molecule has 6 rings (SSSR count). The molecule has 2 unspecified atom stereocenters. The molecule has 0 saturated carbocycles. The second-order valence-corrected chi connectivity index (χ2v) is 8.54. The van der Waals surface area contributed by atoms with E-state index in [1.54, 1.807) is 0 Å². The largest absolute Gasteiger partial charge is 0.298 e. The van der Waals surface area contributed by atoms with Crippen LogP contribution >= 0.6 is 0 Å². The van der Waals surface area contributed by atoms with Gasteiger partial charge in [-0.2, -0.15) is 0 Å². The maximum atomic E-state index is 14.1. The molecular formula is C28H22O. The van der Waals surface area contributed by atoms with Gasteiger partial charge in [-0.15, -0.1) is 0 Å². The third-order valence-corrected chi connectivity index (χ3v) is 6.89. The Bertz CT molecular complexity index is 1310. The Morgan fingerprint density at radius 2 is 1.45 bits per heavy atom. The van der Waals surface area contributed by atoms with Crippen molar-refractivity contribution in [1.82, 2.24) is 0 Å². The highest BCUT2D eigenvalue weighted by atomic mass is 16.1. The molecular weight excluding hydrogens is 352 g/mol. The van der Waals surface area contributed by atoms with Crippen LogP contribution in [0.1, 0.15) is 56.3 Å². The number of benzene rings is 4. The molecule has 2 aliphatic rings. The lowest BCUT2D eigenvalue weighted by atomic mass is 9.64. The molecule has 1 nitrogen and oxygen atoms in total. The Morgan fingerprint density at radius 1 is 0.690 bits per heavy atom. The first-order valence-electron chi connectivity index (χ1n) is 10.4. The number of hydrogen-bond acceptors (Lipinski definition) is 1. The number of hydrogen-bond donors (Lipinski definition) is 0. The minimum Gasteiger partial charge on any atom is -0.298 e. The standard InChI is InChI=1S/C28H22O/c1-16-12-13-22-24(18-8-4-3-5-9-18)28(29)27-21-11-7-6-10-19(21)15-20-14-17(2)23(16)26(22)25(20)27/h3-14,24,27H,15H2,1-2H3. The van der Waals surface area contributed by atoms with Crippen LogP contribution in [0.15, 0.2) is 72.8 Å². The van der Waals surface area contributed by atoms with Crippen LogP contribution in [0, 0.1) is 13.8 Å². The Kier molecular flexibility index (Phi) is 3.41. The summed E-state index contributed by atoms with van der Waals surface area (Å²) in [6.07, 6.45) is 0.912. The van der Waals surface area contributed by atoms with Crippen LogP contribution in [0.5, 0.6) is 0 Å². The zero-order valence-corrected chi connectivity index (χ0v) is 16.7. The summed E-state index contributed by atoms with van der Waals surface area (Å²) in [5, 5.41) is 2.66. The quantitative estimate of drug-likeness (QED) is 0.387. The van der Waals surface area contributed by atoms with Crippen molar-refractivity contribution in [2.45, 2.75) is 32.1 Å². The number of fused-ring (bicyclic) bond motifs is 2. The summed E-state index contributed by atoms with van der Waals surface area (Å²) in [6.45, 7) is 4.41. The number of ketones is 1. The first-order valence-corrected chi connectivity index (χ1v) is 10.4. The molecule has 0 radical (unpaired) electrons. The first-order chi connectivity index (χ1) is 14.1. The van der Waals surface area contributed by atoms with Crippen molar-refractivity contribution >= 4 is 16.6 Å². The van der Waals surface area contributed by atoms with Crippen LogP contribution in [0.2, 0.25) is 0 Å². The van der Waals surface area contributed by atoms with E-state index in [2.05, 4.69) is 68.4 Å². The van der Waals surface area contributed by atoms with Gasteiger partial charge in [0.15, 0.2) is 5.78 Å². The SMILES string of the molecule is Cc1ccc2c3c4c(cc(C)c13)Cc1ccccc1C4C(=O)C2c1ccccc1. The van der Waals surface area contributed by atoms with Crippen molar-refractivity contribution in [2.75, 3.05) is 0 Å². The fraction of sp³-hybridized carbons (Fsp3) is 0.179. The lowest BCUT2D eigenvalue weighted by molar-refractivity contribution is -0.120. The van der Waals surface area contributed by atoms with Crippen LogP contribution in [-0.4, -0.2) is 5.78 Å². The summed E-state index contributed by atoms with van der Waals surface area (Å²) >= 11 is 0. The molecule has 0 aliphatic heterocycles. The highest BCUT2D eigenvalue weighted by Gasteiger charge is 2.42. The van der Waals surface area contributed by atoms with Crippen molar-refractivity contribution in [3.63, 3.8) is 0 Å². The fourth-order valence-electron chi connectivity index (χ4n) is 5.75. The molecule has 0 saturated heterocycles. The van der Waals surface area contributed by atoms with Crippen molar-refractivity contribution in [1.29, 1.82) is 0 Å². The number of carbonyl (C=O) groups excluding carboxylic acids is 1. The molecule has 2 atom stereocenters. The highest BCUT2D eigenvalue weighted by Crippen LogP contribution is 2.51. The average Bonchev–Trinajstić information content (AvgIpc) is 2.74. The van der Waals surface area contributed by atoms with Gasteiger partial charge in [-0.05, 0) is 75.5 Å². The van der Waals surface area contributed by atoms with E-state index in [1.807, 2.05) is 18.2 Å². The third-order valence-electron chi connectivity index (χ3n) is 6.89. The predicted molar refractivity (Wildman–Crippen MR) is 118 cm³/mol. The summed E-state index contributed by atoms with van der Waals surface area (Å²) in [6, 6.07) is 25.5. The van der Waals surface area contributed by atoms with Gasteiger partial charge >= 0.3 is 0 Å². The average molecular weight is 374 g/mol. The summed E-state index contributed by atoms with van der Waals surface area (Å²) < 4.78 is 0. The van der Waals surface area contributed by atoms with Gasteiger partial charge in [-0.1, -0.05) is 72.8 Å². The van der Waals surface area contributed by atoms with Crippen LogP contribution in [-0.2, 0) is 11.2 Å². The normalized spacial score (nSPS) is 19.3. The molecule has 0 spiro atoms. The van der Waals surface area contributed by atoms with Crippen molar-refractivity contribution in [3.05, 3.63) is 117 Å². The van der Waals surface area contributed by atoms with E-state index in [4.69, 9.17) is 0 Å². The zero-order chi connectivity index (χ0) is 19.7. The molecule has 0 heterocycles. The van der Waals surface area contributed by atoms with Crippen molar-refractivity contribution in [2.24, 2.45) is 0 Å². The van der Waals surface area contributed by atoms with Gasteiger partial charge in [0.25, 0.3) is 0 Å². The topological polar surface area (TPSA) is 17.1 Å². The molecule has 29 heavy (non-hydrogen) atoms. The van der Waals surface area contributed by atoms with E-state index in [-0.39, 0.29) is 11.8 Å². The minimum atomic E-state index is -0.211. The van der Waals surface area contributed by atoms with Gasteiger partial charge in [-0.25, -0.2) is 0 Å². The van der Waals surface area contributed by atoms with E-state index in [0.29, 0.717) is 5.78 Å². The Balaban J connectivity index is 1.78. The molecule has 4 aromatic carbocycles. The highest BCUT2D eigenvalue weighted by molar-refractivity contribution is 6.10. The number of carbonyl (C=O) groups is 1. The second kappa shape index (κ2) is 5.90. The minimum absolute atomic E-state index is 0.169. The molecule has 0 N–H and O–H groups in total. The Labute approximate surface area is 171 Å². The van der Waals surface area contributed by atoms with E-state index in [1.165, 1.54) is 49.7 Å². The van der Waals surface area contributed by atoms with Crippen LogP contribution in [0.4, 0.5) is 0 Å². The van der Waals surface area contributed by atoms with E-state index < -0.39 is 0 Å². The molecule has 0 fully saturated rings. The Hall–Kier alpha value is -3.19. The molecule has 2 aliphatic carbocycles. The first kappa shape index (κ1) is 16.7. The van der Waals surface area contributed by atoms with Gasteiger partial charge in [-0.3, -0.25) is 4.79 Å². The lowest BCUT2D eigenvalue weighted by Crippen LogP contribution is -2.31. The van der Waals surface area contributed by atoms with E-state index >= 15 is 0 Å². The second-order valence-electron chi connectivity index (χ2n) is 8.54. The van der Waals surface area contributed by atoms with Gasteiger partial charge in [0, 0.05) is 0 Å². The van der Waals surface area contributed by atoms with Gasteiger partial charge in [0.05, 0.1) is 11.8 Å². The van der Waals surface area contributed by atoms with E-state index in [0.717, 1.165) is 12.0 Å². The van der Waals surface area contributed by atoms with Gasteiger partial charge < -0.3 is 0 Å². The van der Waals surface area contributed by atoms with Gasteiger partial charge in [0.1, 0.15) is 0 Å². The lowest BCUT2D eigenvalue weighted by Gasteiger charge is -2.37. The third kappa shape index (κ3) is 2.19. The predicted octanol–water partition coefficient (Wildman–Crippen LogP) is 6.21. The molecule has 1 heteroatoms. The fourth-order valence-corrected chi connectivity index (χ4v) is 5.75. The smallest absolute Gasteiger partial charge is 0.156 e. The van der Waals surface area contributed by atoms with Gasteiger partial charge in [0.2, 0.25) is 0 Å². The van der Waals surface area contributed by atoms with Crippen molar-refractivity contribution < 1.29 is 4.79 Å². The van der Waals surface area contributed by atoms with Crippen LogP contribution in [0.25, 0.3) is 10.8 Å². The molecule has 0 amide bonds. The van der Waals surface area contributed by atoms with Crippen LogP contribution in [0.3, 0.4) is 0 Å².